The van der Waals surface area contributed by atoms with Gasteiger partial charge < -0.3 is 10.2 Å². The molecule has 1 atom stereocenters. The van der Waals surface area contributed by atoms with Crippen molar-refractivity contribution in [2.75, 3.05) is 18.4 Å². The van der Waals surface area contributed by atoms with Gasteiger partial charge in [0.15, 0.2) is 6.19 Å². The fraction of sp³-hybridized carbons (Fsp3) is 0.250. The summed E-state index contributed by atoms with van der Waals surface area (Å²) in [6.07, 6.45) is 3.53. The van der Waals surface area contributed by atoms with Gasteiger partial charge in [-0.05, 0) is 47.7 Å². The second-order valence-electron chi connectivity index (χ2n) is 6.74. The number of anilines is 1. The number of benzene rings is 2. The zero-order valence-corrected chi connectivity index (χ0v) is 13.6. The number of likely N-dealkylation sites (tertiary alicyclic amines) is 1. The Morgan fingerprint density at radius 1 is 1.08 bits per heavy atom. The summed E-state index contributed by atoms with van der Waals surface area (Å²) in [7, 11) is 0. The monoisotopic (exact) mass is 328 g/mol. The third kappa shape index (κ3) is 2.51. The van der Waals surface area contributed by atoms with E-state index in [2.05, 4.69) is 23.6 Å². The van der Waals surface area contributed by atoms with Gasteiger partial charge in [-0.1, -0.05) is 24.3 Å². The van der Waals surface area contributed by atoms with Crippen molar-refractivity contribution in [3.8, 4) is 23.4 Å². The molecule has 0 bridgehead atoms. The molecule has 1 saturated heterocycles. The van der Waals surface area contributed by atoms with Gasteiger partial charge in [0.05, 0.1) is 17.0 Å². The van der Waals surface area contributed by atoms with Gasteiger partial charge in [-0.15, -0.1) is 0 Å². The molecule has 0 aliphatic carbocycles. The van der Waals surface area contributed by atoms with Gasteiger partial charge in [-0.25, -0.2) is 0 Å². The van der Waals surface area contributed by atoms with Crippen molar-refractivity contribution in [1.29, 1.82) is 10.5 Å². The topological polar surface area (TPSA) is 79.9 Å². The second kappa shape index (κ2) is 5.65. The zero-order valence-electron chi connectivity index (χ0n) is 13.6. The van der Waals surface area contributed by atoms with Gasteiger partial charge in [-0.2, -0.15) is 10.5 Å². The molecular formula is C20H16N4O. The van der Waals surface area contributed by atoms with Crippen LogP contribution >= 0.6 is 0 Å². The lowest BCUT2D eigenvalue weighted by Gasteiger charge is -2.33. The number of fused-ring (bicyclic) bond motifs is 1. The first-order chi connectivity index (χ1) is 12.1. The number of amides is 1. The van der Waals surface area contributed by atoms with Crippen LogP contribution in [-0.2, 0) is 11.2 Å². The molecule has 2 aliphatic heterocycles. The number of hydrogen-bond donors (Lipinski definition) is 1. The third-order valence-electron chi connectivity index (χ3n) is 5.21. The summed E-state index contributed by atoms with van der Waals surface area (Å²) in [5.74, 6) is 0.00901. The van der Waals surface area contributed by atoms with Crippen molar-refractivity contribution in [1.82, 2.24) is 4.90 Å². The SMILES string of the molecule is N#Cc1ccc(-c2ccc3c(c2)NC(=O)C2(CCN(C#N)C2)C3)cc1. The summed E-state index contributed by atoms with van der Waals surface area (Å²) in [4.78, 5) is 14.4. The molecule has 5 nitrogen and oxygen atoms in total. The van der Waals surface area contributed by atoms with E-state index >= 15 is 0 Å². The Labute approximate surface area is 146 Å². The van der Waals surface area contributed by atoms with Gasteiger partial charge in [0.1, 0.15) is 0 Å². The van der Waals surface area contributed by atoms with Crippen molar-refractivity contribution in [2.45, 2.75) is 12.8 Å². The lowest BCUT2D eigenvalue weighted by molar-refractivity contribution is -0.125. The smallest absolute Gasteiger partial charge is 0.232 e. The van der Waals surface area contributed by atoms with E-state index < -0.39 is 5.41 Å². The molecule has 0 aromatic heterocycles. The highest BCUT2D eigenvalue weighted by Gasteiger charge is 2.47. The molecule has 4 rings (SSSR count). The van der Waals surface area contributed by atoms with E-state index in [1.807, 2.05) is 24.3 Å². The van der Waals surface area contributed by atoms with Crippen molar-refractivity contribution in [3.63, 3.8) is 0 Å². The average Bonchev–Trinajstić information content (AvgIpc) is 3.07. The van der Waals surface area contributed by atoms with E-state index in [1.54, 1.807) is 17.0 Å². The van der Waals surface area contributed by atoms with Crippen LogP contribution in [0.1, 0.15) is 17.5 Å². The molecule has 0 radical (unpaired) electrons. The van der Waals surface area contributed by atoms with Crippen LogP contribution in [0.2, 0.25) is 0 Å². The van der Waals surface area contributed by atoms with Crippen LogP contribution in [0.4, 0.5) is 5.69 Å². The fourth-order valence-corrected chi connectivity index (χ4v) is 3.75. The minimum atomic E-state index is -0.487. The van der Waals surface area contributed by atoms with Crippen LogP contribution in [-0.4, -0.2) is 23.9 Å². The molecule has 122 valence electrons. The summed E-state index contributed by atoms with van der Waals surface area (Å²) in [6.45, 7) is 1.13. The van der Waals surface area contributed by atoms with E-state index in [1.165, 1.54) is 0 Å². The number of rotatable bonds is 1. The Morgan fingerprint density at radius 2 is 1.84 bits per heavy atom. The number of nitrogens with one attached hydrogen (secondary N) is 1. The first kappa shape index (κ1) is 15.2. The molecule has 2 heterocycles. The average molecular weight is 328 g/mol. The Hall–Kier alpha value is -3.31. The van der Waals surface area contributed by atoms with E-state index in [-0.39, 0.29) is 5.91 Å². The lowest BCUT2D eigenvalue weighted by Crippen LogP contribution is -2.43. The molecule has 1 amide bonds. The van der Waals surface area contributed by atoms with Crippen molar-refractivity contribution < 1.29 is 4.79 Å². The van der Waals surface area contributed by atoms with E-state index in [9.17, 15) is 4.79 Å². The maximum Gasteiger partial charge on any atom is 0.232 e. The maximum absolute atomic E-state index is 12.7. The number of nitrogens with zero attached hydrogens (tertiary/aromatic N) is 3. The standard InChI is InChI=1S/C20H16N4O/c21-11-14-1-3-15(4-2-14)16-5-6-17-10-20(7-8-24(12-20)13-22)19(25)23-18(17)9-16/h1-6,9H,7-8,10,12H2,(H,23,25). The molecule has 2 aliphatic rings. The third-order valence-corrected chi connectivity index (χ3v) is 5.21. The fourth-order valence-electron chi connectivity index (χ4n) is 3.75. The number of carbonyl (C=O) groups is 1. The number of nitriles is 2. The summed E-state index contributed by atoms with van der Waals surface area (Å²) >= 11 is 0. The van der Waals surface area contributed by atoms with Crippen molar-refractivity contribution >= 4 is 11.6 Å². The molecule has 0 saturated carbocycles. The molecule has 2 aromatic carbocycles. The van der Waals surface area contributed by atoms with Crippen LogP contribution in [0.15, 0.2) is 42.5 Å². The molecular weight excluding hydrogens is 312 g/mol. The Kier molecular flexibility index (Phi) is 3.44. The molecule has 1 spiro atoms. The summed E-state index contributed by atoms with van der Waals surface area (Å²) < 4.78 is 0. The minimum absolute atomic E-state index is 0.00901. The van der Waals surface area contributed by atoms with Gasteiger partial charge in [0.2, 0.25) is 5.91 Å². The van der Waals surface area contributed by atoms with E-state index in [4.69, 9.17) is 10.5 Å². The highest BCUT2D eigenvalue weighted by Crippen LogP contribution is 2.41. The number of hydrogen-bond acceptors (Lipinski definition) is 4. The minimum Gasteiger partial charge on any atom is -0.325 e. The van der Waals surface area contributed by atoms with Crippen LogP contribution in [0.3, 0.4) is 0 Å². The second-order valence-corrected chi connectivity index (χ2v) is 6.74. The Balaban J connectivity index is 1.65. The van der Waals surface area contributed by atoms with Crippen LogP contribution in [0, 0.1) is 28.2 Å². The molecule has 2 aromatic rings. The van der Waals surface area contributed by atoms with Crippen molar-refractivity contribution in [2.24, 2.45) is 5.41 Å². The maximum atomic E-state index is 12.7. The first-order valence-corrected chi connectivity index (χ1v) is 8.23. The molecule has 1 fully saturated rings. The normalized spacial score (nSPS) is 21.4. The van der Waals surface area contributed by atoms with Gasteiger partial charge in [0.25, 0.3) is 0 Å². The molecule has 5 heteroatoms. The highest BCUT2D eigenvalue weighted by atomic mass is 16.2. The predicted molar refractivity (Wildman–Crippen MR) is 93.2 cm³/mol. The quantitative estimate of drug-likeness (QED) is 0.816. The molecule has 1 N–H and O–H groups in total. The van der Waals surface area contributed by atoms with Crippen LogP contribution in [0.5, 0.6) is 0 Å². The first-order valence-electron chi connectivity index (χ1n) is 8.23. The van der Waals surface area contributed by atoms with E-state index in [0.717, 1.165) is 22.4 Å². The van der Waals surface area contributed by atoms with Crippen LogP contribution < -0.4 is 5.32 Å². The molecule has 1 unspecified atom stereocenters. The van der Waals surface area contributed by atoms with Gasteiger partial charge in [0, 0.05) is 18.8 Å². The Bertz CT molecular complexity index is 936. The predicted octanol–water partition coefficient (Wildman–Crippen LogP) is 2.89. The van der Waals surface area contributed by atoms with Gasteiger partial charge in [-0.3, -0.25) is 4.79 Å². The summed E-state index contributed by atoms with van der Waals surface area (Å²) in [5.41, 5.74) is 4.10. The lowest BCUT2D eigenvalue weighted by atomic mass is 9.76. The number of carbonyl (C=O) groups excluding carboxylic acids is 1. The summed E-state index contributed by atoms with van der Waals surface area (Å²) in [5, 5.41) is 21.0. The molecule has 25 heavy (non-hydrogen) atoms. The van der Waals surface area contributed by atoms with Crippen molar-refractivity contribution in [3.05, 3.63) is 53.6 Å². The highest BCUT2D eigenvalue weighted by molar-refractivity contribution is 5.99. The van der Waals surface area contributed by atoms with Gasteiger partial charge >= 0.3 is 0 Å². The Morgan fingerprint density at radius 3 is 2.52 bits per heavy atom. The largest absolute Gasteiger partial charge is 0.325 e. The van der Waals surface area contributed by atoms with Crippen LogP contribution in [0.25, 0.3) is 11.1 Å². The van der Waals surface area contributed by atoms with E-state index in [0.29, 0.717) is 31.5 Å². The summed E-state index contributed by atoms with van der Waals surface area (Å²) in [6, 6.07) is 15.6. The zero-order chi connectivity index (χ0) is 17.4.